The molecule has 1 fully saturated rings. The second-order valence-electron chi connectivity index (χ2n) is 7.17. The van der Waals surface area contributed by atoms with Gasteiger partial charge in [0.15, 0.2) is 5.79 Å². The van der Waals surface area contributed by atoms with Crippen LogP contribution in [0.2, 0.25) is 0 Å². The highest BCUT2D eigenvalue weighted by molar-refractivity contribution is 9.10. The lowest BCUT2D eigenvalue weighted by Gasteiger charge is -2.27. The first-order valence-corrected chi connectivity index (χ1v) is 9.72. The summed E-state index contributed by atoms with van der Waals surface area (Å²) < 4.78 is 18.7. The third kappa shape index (κ3) is 2.93. The lowest BCUT2D eigenvalue weighted by atomic mass is 9.92. The molecule has 0 radical (unpaired) electrons. The van der Waals surface area contributed by atoms with Gasteiger partial charge in [-0.25, -0.2) is 0 Å². The van der Waals surface area contributed by atoms with Crippen LogP contribution in [0.3, 0.4) is 0 Å². The molecule has 0 saturated carbocycles. The number of ether oxygens (including phenoxy) is 3. The van der Waals surface area contributed by atoms with Crippen molar-refractivity contribution in [2.75, 3.05) is 20.2 Å². The highest BCUT2D eigenvalue weighted by Gasteiger charge is 2.45. The predicted molar refractivity (Wildman–Crippen MR) is 103 cm³/mol. The lowest BCUT2D eigenvalue weighted by molar-refractivity contribution is -0.140. The molecule has 0 aliphatic carbocycles. The van der Waals surface area contributed by atoms with Crippen LogP contribution in [0, 0.1) is 0 Å². The number of rotatable bonds is 4. The number of aliphatic hydroxyl groups excluding tert-OH is 1. The monoisotopic (exact) mass is 435 g/mol. The molecule has 3 aliphatic rings. The second-order valence-corrected chi connectivity index (χ2v) is 8.02. The maximum Gasteiger partial charge on any atom is 0.255 e. The molecule has 7 heteroatoms. The largest absolute Gasteiger partial charge is 0.484 e. The van der Waals surface area contributed by atoms with Gasteiger partial charge in [-0.05, 0) is 35.0 Å². The summed E-state index contributed by atoms with van der Waals surface area (Å²) >= 11 is 3.50. The Morgan fingerprint density at radius 2 is 2.26 bits per heavy atom. The van der Waals surface area contributed by atoms with Gasteiger partial charge in [0.1, 0.15) is 11.9 Å². The number of nitrogens with zero attached hydrogens (tertiary/aromatic N) is 1. The van der Waals surface area contributed by atoms with Gasteiger partial charge in [-0.3, -0.25) is 4.79 Å². The van der Waals surface area contributed by atoms with Crippen LogP contribution in [-0.4, -0.2) is 54.1 Å². The van der Waals surface area contributed by atoms with Gasteiger partial charge in [-0.15, -0.1) is 0 Å². The molecule has 4 rings (SSSR count). The van der Waals surface area contributed by atoms with E-state index in [4.69, 9.17) is 14.2 Å². The quantitative estimate of drug-likeness (QED) is 0.736. The van der Waals surface area contributed by atoms with E-state index in [1.165, 1.54) is 0 Å². The van der Waals surface area contributed by atoms with E-state index in [2.05, 4.69) is 22.5 Å². The Morgan fingerprint density at radius 1 is 1.48 bits per heavy atom. The van der Waals surface area contributed by atoms with Crippen molar-refractivity contribution >= 4 is 27.4 Å². The summed E-state index contributed by atoms with van der Waals surface area (Å²) in [5.74, 6) is -0.453. The normalized spacial score (nSPS) is 29.3. The first-order chi connectivity index (χ1) is 12.9. The summed E-state index contributed by atoms with van der Waals surface area (Å²) in [5, 5.41) is 9.80. The molecule has 3 aliphatic heterocycles. The summed E-state index contributed by atoms with van der Waals surface area (Å²) in [5.41, 5.74) is 2.87. The van der Waals surface area contributed by atoms with E-state index < -0.39 is 5.79 Å². The highest BCUT2D eigenvalue weighted by Crippen LogP contribution is 2.49. The van der Waals surface area contributed by atoms with Crippen LogP contribution < -0.4 is 4.74 Å². The Labute approximate surface area is 166 Å². The smallest absolute Gasteiger partial charge is 0.255 e. The molecule has 1 amide bonds. The third-order valence-electron chi connectivity index (χ3n) is 5.26. The van der Waals surface area contributed by atoms with E-state index >= 15 is 0 Å². The van der Waals surface area contributed by atoms with Crippen molar-refractivity contribution in [3.05, 3.63) is 46.0 Å². The molecule has 0 spiro atoms. The van der Waals surface area contributed by atoms with Crippen LogP contribution in [0.1, 0.15) is 34.8 Å². The second kappa shape index (κ2) is 6.74. The van der Waals surface area contributed by atoms with Crippen molar-refractivity contribution < 1.29 is 24.1 Å². The van der Waals surface area contributed by atoms with Crippen molar-refractivity contribution in [1.82, 2.24) is 4.90 Å². The Bertz CT molecular complexity index is 851. The fourth-order valence-electron chi connectivity index (χ4n) is 3.90. The van der Waals surface area contributed by atoms with Gasteiger partial charge in [-0.1, -0.05) is 12.7 Å². The zero-order valence-corrected chi connectivity index (χ0v) is 16.9. The van der Waals surface area contributed by atoms with Crippen molar-refractivity contribution in [2.24, 2.45) is 0 Å². The average Bonchev–Trinajstić information content (AvgIpc) is 3.15. The molecule has 1 aromatic rings. The maximum absolute atomic E-state index is 12.9. The van der Waals surface area contributed by atoms with Crippen LogP contribution in [0.15, 0.2) is 29.3 Å². The molecule has 1 N–H and O–H groups in total. The number of carbonyl (C=O) groups excluding carboxylic acids is 1. The summed E-state index contributed by atoms with van der Waals surface area (Å²) in [7, 11) is 1.77. The molecular weight excluding hydrogens is 414 g/mol. The third-order valence-corrected chi connectivity index (χ3v) is 5.89. The Balaban J connectivity index is 1.80. The zero-order chi connectivity index (χ0) is 19.3. The molecule has 1 saturated heterocycles. The first kappa shape index (κ1) is 18.7. The number of amides is 1. The lowest BCUT2D eigenvalue weighted by Crippen LogP contribution is -2.34. The molecular formula is C20H22BrNO5. The van der Waals surface area contributed by atoms with Gasteiger partial charge in [0, 0.05) is 41.2 Å². The fraction of sp³-hybridized carbons (Fsp3) is 0.450. The van der Waals surface area contributed by atoms with Crippen LogP contribution in [-0.2, 0) is 16.1 Å². The summed E-state index contributed by atoms with van der Waals surface area (Å²) in [6.45, 7) is 6.62. The molecule has 1 aromatic carbocycles. The van der Waals surface area contributed by atoms with Gasteiger partial charge in [0.25, 0.3) is 5.91 Å². The molecule has 3 unspecified atom stereocenters. The number of hydrogen-bond acceptors (Lipinski definition) is 5. The van der Waals surface area contributed by atoms with Gasteiger partial charge in [0.05, 0.1) is 24.9 Å². The highest BCUT2D eigenvalue weighted by atomic mass is 79.9. The molecule has 144 valence electrons. The Morgan fingerprint density at radius 3 is 2.89 bits per heavy atom. The van der Waals surface area contributed by atoms with E-state index in [1.807, 2.05) is 13.0 Å². The van der Waals surface area contributed by atoms with Crippen LogP contribution in [0.5, 0.6) is 5.75 Å². The molecule has 3 heterocycles. The topological polar surface area (TPSA) is 68.2 Å². The molecule has 6 nitrogen and oxygen atoms in total. The number of hydrogen-bond donors (Lipinski definition) is 1. The van der Waals surface area contributed by atoms with E-state index in [-0.39, 0.29) is 24.7 Å². The molecule has 0 aromatic heterocycles. The van der Waals surface area contributed by atoms with Crippen LogP contribution in [0.4, 0.5) is 0 Å². The maximum atomic E-state index is 12.9. The van der Waals surface area contributed by atoms with Gasteiger partial charge in [0.2, 0.25) is 0 Å². The summed E-state index contributed by atoms with van der Waals surface area (Å²) in [6.07, 6.45) is 3.71. The Kier molecular flexibility index (Phi) is 4.66. The minimum Gasteiger partial charge on any atom is -0.484 e. The van der Waals surface area contributed by atoms with Crippen LogP contribution >= 0.6 is 15.9 Å². The fourth-order valence-corrected chi connectivity index (χ4v) is 4.55. The summed E-state index contributed by atoms with van der Waals surface area (Å²) in [6, 6.07) is 1.75. The zero-order valence-electron chi connectivity index (χ0n) is 15.3. The number of likely N-dealkylation sites (N-methyl/N-ethyl adjacent to an activating group) is 1. The SMILES string of the molecule is C=CC1(CC2Oc3c(CO)cc(Br)c4c3C2=CCN(C)C4=O)OCC(C)O1. The standard InChI is InChI=1S/C20H22BrNO5/c1-4-20(25-10-11(2)27-20)8-15-13-5-6-22(3)19(24)17-14(21)7-12(9-23)18(26-15)16(13)17/h4-5,7,11,15,23H,1,6,8-10H2,2-3H3. The van der Waals surface area contributed by atoms with Gasteiger partial charge in [-0.2, -0.15) is 0 Å². The van der Waals surface area contributed by atoms with E-state index in [0.29, 0.717) is 40.9 Å². The van der Waals surface area contributed by atoms with E-state index in [0.717, 1.165) is 11.1 Å². The van der Waals surface area contributed by atoms with Crippen molar-refractivity contribution in [3.8, 4) is 5.75 Å². The number of halogens is 1. The number of benzene rings is 1. The number of carbonyl (C=O) groups is 1. The van der Waals surface area contributed by atoms with Crippen molar-refractivity contribution in [1.29, 1.82) is 0 Å². The predicted octanol–water partition coefficient (Wildman–Crippen LogP) is 2.88. The molecule has 0 bridgehead atoms. The van der Waals surface area contributed by atoms with Gasteiger partial charge < -0.3 is 24.2 Å². The van der Waals surface area contributed by atoms with Gasteiger partial charge >= 0.3 is 0 Å². The van der Waals surface area contributed by atoms with Crippen LogP contribution in [0.25, 0.3) is 5.57 Å². The molecule has 27 heavy (non-hydrogen) atoms. The van der Waals surface area contributed by atoms with Crippen molar-refractivity contribution in [3.63, 3.8) is 0 Å². The van der Waals surface area contributed by atoms with E-state index in [9.17, 15) is 9.90 Å². The first-order valence-electron chi connectivity index (χ1n) is 8.93. The summed E-state index contributed by atoms with van der Waals surface area (Å²) in [4.78, 5) is 14.5. The van der Waals surface area contributed by atoms with E-state index in [1.54, 1.807) is 24.1 Å². The Hall–Kier alpha value is -1.67. The minimum absolute atomic E-state index is 0.0275. The molecule has 3 atom stereocenters. The number of aliphatic hydroxyl groups is 1. The average molecular weight is 436 g/mol. The van der Waals surface area contributed by atoms with Crippen molar-refractivity contribution in [2.45, 2.75) is 37.9 Å². The minimum atomic E-state index is -0.925.